The normalized spacial score (nSPS) is 29.8. The maximum absolute atomic E-state index is 4.58. The standard InChI is InChI=1S/C13H22N2S/c1-3-8-15-13(12-14-9-10-16-12)7-5-6-11(13)4-2/h9-11,15H,3-8H2,1-2H3. The summed E-state index contributed by atoms with van der Waals surface area (Å²) in [6, 6.07) is 0. The Hall–Kier alpha value is -0.410. The molecule has 0 saturated heterocycles. The maximum atomic E-state index is 4.58. The second kappa shape index (κ2) is 5.28. The fourth-order valence-corrected chi connectivity index (χ4v) is 3.94. The predicted octanol–water partition coefficient (Wildman–Crippen LogP) is 3.55. The molecule has 2 rings (SSSR count). The van der Waals surface area contributed by atoms with Crippen LogP contribution in [0.25, 0.3) is 0 Å². The summed E-state index contributed by atoms with van der Waals surface area (Å²) in [5.41, 5.74) is 0.193. The fourth-order valence-electron chi connectivity index (χ4n) is 3.01. The van der Waals surface area contributed by atoms with Crippen LogP contribution in [-0.2, 0) is 5.54 Å². The Kier molecular flexibility index (Phi) is 3.98. The van der Waals surface area contributed by atoms with E-state index in [0.717, 1.165) is 12.5 Å². The third kappa shape index (κ3) is 2.03. The molecule has 1 N–H and O–H groups in total. The summed E-state index contributed by atoms with van der Waals surface area (Å²) in [7, 11) is 0. The van der Waals surface area contributed by atoms with Crippen molar-refractivity contribution in [3.8, 4) is 0 Å². The molecule has 1 heterocycles. The Labute approximate surface area is 102 Å². The van der Waals surface area contributed by atoms with Crippen molar-refractivity contribution in [1.82, 2.24) is 10.3 Å². The van der Waals surface area contributed by atoms with Gasteiger partial charge < -0.3 is 5.32 Å². The molecule has 1 saturated carbocycles. The molecule has 0 bridgehead atoms. The van der Waals surface area contributed by atoms with Crippen molar-refractivity contribution in [3.63, 3.8) is 0 Å². The minimum Gasteiger partial charge on any atom is -0.305 e. The molecule has 0 aliphatic heterocycles. The molecule has 2 unspecified atom stereocenters. The van der Waals surface area contributed by atoms with Crippen molar-refractivity contribution in [2.24, 2.45) is 5.92 Å². The molecule has 0 amide bonds. The Morgan fingerprint density at radius 2 is 2.44 bits per heavy atom. The van der Waals surface area contributed by atoms with E-state index >= 15 is 0 Å². The van der Waals surface area contributed by atoms with Crippen molar-refractivity contribution in [1.29, 1.82) is 0 Å². The zero-order chi connectivity index (χ0) is 11.4. The van der Waals surface area contributed by atoms with Gasteiger partial charge in [-0.05, 0) is 31.7 Å². The molecule has 3 heteroatoms. The third-order valence-corrected chi connectivity index (χ3v) is 4.77. The molecule has 1 aliphatic carbocycles. The number of thiazole rings is 1. The maximum Gasteiger partial charge on any atom is 0.113 e. The lowest BCUT2D eigenvalue weighted by Gasteiger charge is -2.34. The van der Waals surface area contributed by atoms with E-state index in [2.05, 4.69) is 29.5 Å². The monoisotopic (exact) mass is 238 g/mol. The van der Waals surface area contributed by atoms with Crippen molar-refractivity contribution in [3.05, 3.63) is 16.6 Å². The van der Waals surface area contributed by atoms with E-state index in [9.17, 15) is 0 Å². The van der Waals surface area contributed by atoms with E-state index in [1.807, 2.05) is 17.5 Å². The quantitative estimate of drug-likeness (QED) is 0.848. The first-order valence-corrected chi connectivity index (χ1v) is 7.36. The van der Waals surface area contributed by atoms with Gasteiger partial charge >= 0.3 is 0 Å². The van der Waals surface area contributed by atoms with Gasteiger partial charge in [-0.3, -0.25) is 0 Å². The highest BCUT2D eigenvalue weighted by Crippen LogP contribution is 2.45. The Morgan fingerprint density at radius 1 is 1.56 bits per heavy atom. The van der Waals surface area contributed by atoms with E-state index in [1.165, 1.54) is 37.1 Å². The van der Waals surface area contributed by atoms with Crippen LogP contribution in [0, 0.1) is 5.92 Å². The van der Waals surface area contributed by atoms with Crippen LogP contribution in [0.4, 0.5) is 0 Å². The molecular weight excluding hydrogens is 216 g/mol. The van der Waals surface area contributed by atoms with Gasteiger partial charge in [0.25, 0.3) is 0 Å². The molecule has 1 aliphatic rings. The highest BCUT2D eigenvalue weighted by Gasteiger charge is 2.44. The lowest BCUT2D eigenvalue weighted by atomic mass is 9.85. The van der Waals surface area contributed by atoms with Crippen LogP contribution in [0.1, 0.15) is 51.0 Å². The number of nitrogens with zero attached hydrogens (tertiary/aromatic N) is 1. The van der Waals surface area contributed by atoms with Crippen molar-refractivity contribution < 1.29 is 0 Å². The highest BCUT2D eigenvalue weighted by molar-refractivity contribution is 7.09. The third-order valence-electron chi connectivity index (χ3n) is 3.82. The van der Waals surface area contributed by atoms with E-state index in [0.29, 0.717) is 0 Å². The van der Waals surface area contributed by atoms with Crippen molar-refractivity contribution >= 4 is 11.3 Å². The van der Waals surface area contributed by atoms with Crippen LogP contribution >= 0.6 is 11.3 Å². The number of rotatable bonds is 5. The number of hydrogen-bond donors (Lipinski definition) is 1. The van der Waals surface area contributed by atoms with Gasteiger partial charge in [0.2, 0.25) is 0 Å². The van der Waals surface area contributed by atoms with Crippen LogP contribution in [0.3, 0.4) is 0 Å². The summed E-state index contributed by atoms with van der Waals surface area (Å²) in [6.07, 6.45) is 8.36. The van der Waals surface area contributed by atoms with Crippen LogP contribution in [0.5, 0.6) is 0 Å². The second-order valence-electron chi connectivity index (χ2n) is 4.73. The molecule has 1 fully saturated rings. The first kappa shape index (κ1) is 12.1. The molecule has 0 radical (unpaired) electrons. The van der Waals surface area contributed by atoms with Gasteiger partial charge in [-0.2, -0.15) is 0 Å². The topological polar surface area (TPSA) is 24.9 Å². The second-order valence-corrected chi connectivity index (χ2v) is 5.63. The van der Waals surface area contributed by atoms with Crippen LogP contribution in [-0.4, -0.2) is 11.5 Å². The van der Waals surface area contributed by atoms with Gasteiger partial charge in [-0.1, -0.05) is 26.7 Å². The first-order valence-electron chi connectivity index (χ1n) is 6.48. The minimum atomic E-state index is 0.193. The SMILES string of the molecule is CCCNC1(c2nccs2)CCCC1CC. The zero-order valence-corrected chi connectivity index (χ0v) is 11.1. The van der Waals surface area contributed by atoms with Gasteiger partial charge in [0, 0.05) is 11.6 Å². The largest absolute Gasteiger partial charge is 0.305 e. The van der Waals surface area contributed by atoms with Gasteiger partial charge in [0.05, 0.1) is 5.54 Å². The first-order chi connectivity index (χ1) is 7.83. The summed E-state index contributed by atoms with van der Waals surface area (Å²) in [6.45, 7) is 5.65. The fraction of sp³-hybridized carbons (Fsp3) is 0.769. The highest BCUT2D eigenvalue weighted by atomic mass is 32.1. The molecule has 0 aromatic carbocycles. The van der Waals surface area contributed by atoms with Gasteiger partial charge in [-0.15, -0.1) is 11.3 Å². The zero-order valence-electron chi connectivity index (χ0n) is 10.3. The Morgan fingerprint density at radius 3 is 3.06 bits per heavy atom. The van der Waals surface area contributed by atoms with E-state index < -0.39 is 0 Å². The smallest absolute Gasteiger partial charge is 0.113 e. The van der Waals surface area contributed by atoms with E-state index in [4.69, 9.17) is 0 Å². The number of aromatic nitrogens is 1. The molecule has 2 nitrogen and oxygen atoms in total. The summed E-state index contributed by atoms with van der Waals surface area (Å²) in [4.78, 5) is 4.58. The van der Waals surface area contributed by atoms with E-state index in [-0.39, 0.29) is 5.54 Å². The van der Waals surface area contributed by atoms with Gasteiger partial charge in [0.15, 0.2) is 0 Å². The molecule has 0 spiro atoms. The Balaban J connectivity index is 2.25. The molecule has 2 atom stereocenters. The van der Waals surface area contributed by atoms with E-state index in [1.54, 1.807) is 0 Å². The predicted molar refractivity (Wildman–Crippen MR) is 69.7 cm³/mol. The minimum absolute atomic E-state index is 0.193. The number of hydrogen-bond acceptors (Lipinski definition) is 3. The molecule has 1 aromatic rings. The summed E-state index contributed by atoms with van der Waals surface area (Å²) in [5.74, 6) is 0.769. The molecule has 16 heavy (non-hydrogen) atoms. The molecule has 1 aromatic heterocycles. The Bertz CT molecular complexity index is 310. The lowest BCUT2D eigenvalue weighted by molar-refractivity contribution is 0.240. The summed E-state index contributed by atoms with van der Waals surface area (Å²) >= 11 is 1.81. The summed E-state index contributed by atoms with van der Waals surface area (Å²) in [5, 5.41) is 7.21. The van der Waals surface area contributed by atoms with Crippen LogP contribution in [0.2, 0.25) is 0 Å². The van der Waals surface area contributed by atoms with Gasteiger partial charge in [-0.25, -0.2) is 4.98 Å². The average molecular weight is 238 g/mol. The van der Waals surface area contributed by atoms with Gasteiger partial charge in [0.1, 0.15) is 5.01 Å². The lowest BCUT2D eigenvalue weighted by Crippen LogP contribution is -2.45. The molecule has 90 valence electrons. The molecular formula is C13H22N2S. The van der Waals surface area contributed by atoms with Crippen molar-refractivity contribution in [2.45, 2.75) is 51.5 Å². The number of nitrogens with one attached hydrogen (secondary N) is 1. The van der Waals surface area contributed by atoms with Crippen LogP contribution in [0.15, 0.2) is 11.6 Å². The summed E-state index contributed by atoms with van der Waals surface area (Å²) < 4.78 is 0. The average Bonchev–Trinajstić information content (AvgIpc) is 2.95. The van der Waals surface area contributed by atoms with Crippen molar-refractivity contribution in [2.75, 3.05) is 6.54 Å². The van der Waals surface area contributed by atoms with Crippen LogP contribution < -0.4 is 5.32 Å².